The smallest absolute Gasteiger partial charge is 0.125 e. The van der Waals surface area contributed by atoms with Gasteiger partial charge in [-0.1, -0.05) is 6.92 Å². The molecule has 0 aromatic carbocycles. The predicted octanol–water partition coefficient (Wildman–Crippen LogP) is 1.56. The lowest BCUT2D eigenvalue weighted by atomic mass is 10.1. The molecule has 2 rings (SSSR count). The Kier molecular flexibility index (Phi) is 4.66. The molecule has 0 N–H and O–H groups in total. The van der Waals surface area contributed by atoms with Gasteiger partial charge in [-0.25, -0.2) is 9.97 Å². The number of likely N-dealkylation sites (tertiary alicyclic amines) is 1. The Balaban J connectivity index is 1.78. The zero-order valence-corrected chi connectivity index (χ0v) is 11.8. The van der Waals surface area contributed by atoms with Crippen LogP contribution >= 0.6 is 0 Å². The topological polar surface area (TPSA) is 32.3 Å². The zero-order valence-electron chi connectivity index (χ0n) is 11.8. The largest absolute Gasteiger partial charge is 0.303 e. The first-order chi connectivity index (χ1) is 8.67. The van der Waals surface area contributed by atoms with E-state index in [9.17, 15) is 0 Å². The third kappa shape index (κ3) is 3.75. The van der Waals surface area contributed by atoms with Crippen LogP contribution in [0.2, 0.25) is 0 Å². The molecule has 1 fully saturated rings. The molecule has 1 aliphatic heterocycles. The Hall–Kier alpha value is -1.00. The molecule has 0 saturated carbocycles. The van der Waals surface area contributed by atoms with E-state index in [2.05, 4.69) is 33.7 Å². The van der Waals surface area contributed by atoms with E-state index in [0.29, 0.717) is 0 Å². The van der Waals surface area contributed by atoms with Crippen LogP contribution in [0, 0.1) is 12.8 Å². The summed E-state index contributed by atoms with van der Waals surface area (Å²) in [5.74, 6) is 1.66. The molecule has 1 saturated heterocycles. The monoisotopic (exact) mass is 248 g/mol. The summed E-state index contributed by atoms with van der Waals surface area (Å²) in [7, 11) is 2.19. The van der Waals surface area contributed by atoms with E-state index in [-0.39, 0.29) is 0 Å². The Morgan fingerprint density at radius 3 is 2.72 bits per heavy atom. The maximum Gasteiger partial charge on any atom is 0.125 e. The maximum atomic E-state index is 4.24. The second-order valence-electron chi connectivity index (χ2n) is 5.38. The van der Waals surface area contributed by atoms with E-state index in [0.717, 1.165) is 18.3 Å². The number of nitrogens with zero attached hydrogens (tertiary/aromatic N) is 4. The molecular formula is C14H24N4. The van der Waals surface area contributed by atoms with Gasteiger partial charge in [0.15, 0.2) is 0 Å². The van der Waals surface area contributed by atoms with E-state index in [1.807, 2.05) is 19.3 Å². The van der Waals surface area contributed by atoms with Gasteiger partial charge in [-0.05, 0) is 39.4 Å². The Labute approximate surface area is 110 Å². The second kappa shape index (κ2) is 6.25. The van der Waals surface area contributed by atoms with E-state index < -0.39 is 0 Å². The minimum atomic E-state index is 0.821. The fourth-order valence-electron chi connectivity index (χ4n) is 2.67. The average Bonchev–Trinajstić information content (AvgIpc) is 2.79. The van der Waals surface area contributed by atoms with Crippen molar-refractivity contribution in [2.45, 2.75) is 26.8 Å². The first-order valence-corrected chi connectivity index (χ1v) is 6.85. The summed E-state index contributed by atoms with van der Waals surface area (Å²) >= 11 is 0. The van der Waals surface area contributed by atoms with Crippen molar-refractivity contribution in [3.8, 4) is 0 Å². The summed E-state index contributed by atoms with van der Waals surface area (Å²) in [4.78, 5) is 13.4. The minimum absolute atomic E-state index is 0.821. The fraction of sp³-hybridized carbons (Fsp3) is 0.714. The van der Waals surface area contributed by atoms with E-state index in [1.165, 1.54) is 38.2 Å². The van der Waals surface area contributed by atoms with Gasteiger partial charge in [0, 0.05) is 37.6 Å². The van der Waals surface area contributed by atoms with Crippen LogP contribution in [0.4, 0.5) is 0 Å². The molecule has 100 valence electrons. The van der Waals surface area contributed by atoms with Crippen LogP contribution in [0.5, 0.6) is 0 Å². The Morgan fingerprint density at radius 1 is 1.39 bits per heavy atom. The lowest BCUT2D eigenvalue weighted by Gasteiger charge is -2.21. The fourth-order valence-corrected chi connectivity index (χ4v) is 2.67. The summed E-state index contributed by atoms with van der Waals surface area (Å²) in [5.41, 5.74) is 1.20. The molecule has 2 heterocycles. The molecule has 4 heteroatoms. The summed E-state index contributed by atoms with van der Waals surface area (Å²) in [6.07, 6.45) is 5.21. The third-order valence-electron chi connectivity index (χ3n) is 3.67. The molecule has 1 atom stereocenters. The second-order valence-corrected chi connectivity index (χ2v) is 5.38. The van der Waals surface area contributed by atoms with Crippen molar-refractivity contribution in [3.05, 3.63) is 23.8 Å². The van der Waals surface area contributed by atoms with Crippen LogP contribution in [0.25, 0.3) is 0 Å². The number of hydrogen-bond donors (Lipinski definition) is 0. The van der Waals surface area contributed by atoms with Crippen molar-refractivity contribution >= 4 is 0 Å². The van der Waals surface area contributed by atoms with Gasteiger partial charge >= 0.3 is 0 Å². The molecule has 0 aliphatic carbocycles. The van der Waals surface area contributed by atoms with Crippen molar-refractivity contribution in [1.29, 1.82) is 0 Å². The molecule has 18 heavy (non-hydrogen) atoms. The van der Waals surface area contributed by atoms with Crippen molar-refractivity contribution in [2.24, 2.45) is 5.92 Å². The molecule has 1 aromatic rings. The van der Waals surface area contributed by atoms with E-state index >= 15 is 0 Å². The van der Waals surface area contributed by atoms with Gasteiger partial charge < -0.3 is 9.80 Å². The van der Waals surface area contributed by atoms with Gasteiger partial charge in [-0.15, -0.1) is 0 Å². The van der Waals surface area contributed by atoms with Gasteiger partial charge in [0.2, 0.25) is 0 Å². The lowest BCUT2D eigenvalue weighted by Crippen LogP contribution is -2.28. The predicted molar refractivity (Wildman–Crippen MR) is 73.3 cm³/mol. The van der Waals surface area contributed by atoms with Crippen LogP contribution in [-0.2, 0) is 6.54 Å². The summed E-state index contributed by atoms with van der Waals surface area (Å²) in [6, 6.07) is 0. The summed E-state index contributed by atoms with van der Waals surface area (Å²) in [6.45, 7) is 9.99. The van der Waals surface area contributed by atoms with Crippen LogP contribution in [0.1, 0.15) is 24.7 Å². The molecule has 1 aliphatic rings. The molecule has 0 unspecified atom stereocenters. The molecule has 0 bridgehead atoms. The Bertz CT molecular complexity index is 363. The molecule has 4 nitrogen and oxygen atoms in total. The highest BCUT2D eigenvalue weighted by Crippen LogP contribution is 2.17. The zero-order chi connectivity index (χ0) is 13.0. The normalized spacial score (nSPS) is 20.8. The van der Waals surface area contributed by atoms with Crippen molar-refractivity contribution in [3.63, 3.8) is 0 Å². The number of aryl methyl sites for hydroxylation is 1. The van der Waals surface area contributed by atoms with Gasteiger partial charge in [-0.3, -0.25) is 0 Å². The highest BCUT2D eigenvalue weighted by atomic mass is 15.2. The number of hydrogen-bond acceptors (Lipinski definition) is 4. The van der Waals surface area contributed by atoms with Crippen molar-refractivity contribution in [1.82, 2.24) is 19.8 Å². The van der Waals surface area contributed by atoms with Crippen molar-refractivity contribution < 1.29 is 0 Å². The van der Waals surface area contributed by atoms with Crippen LogP contribution in [0.3, 0.4) is 0 Å². The van der Waals surface area contributed by atoms with Gasteiger partial charge in [0.1, 0.15) is 5.82 Å². The number of rotatable bonds is 5. The first kappa shape index (κ1) is 13.4. The Morgan fingerprint density at radius 2 is 2.11 bits per heavy atom. The quantitative estimate of drug-likeness (QED) is 0.791. The standard InChI is InChI=1S/C14H24N4/c1-4-18-6-5-13(11-18)9-17(3)10-14-7-15-12(2)16-8-14/h7-8,13H,4-6,9-11H2,1-3H3/t13-/m1/s1. The summed E-state index contributed by atoms with van der Waals surface area (Å²) < 4.78 is 0. The highest BCUT2D eigenvalue weighted by molar-refractivity contribution is 5.04. The molecule has 0 amide bonds. The minimum Gasteiger partial charge on any atom is -0.303 e. The molecule has 0 radical (unpaired) electrons. The van der Waals surface area contributed by atoms with Crippen LogP contribution in [-0.4, -0.2) is 53.0 Å². The van der Waals surface area contributed by atoms with E-state index in [4.69, 9.17) is 0 Å². The van der Waals surface area contributed by atoms with Crippen LogP contribution < -0.4 is 0 Å². The van der Waals surface area contributed by atoms with Crippen LogP contribution in [0.15, 0.2) is 12.4 Å². The lowest BCUT2D eigenvalue weighted by molar-refractivity contribution is 0.260. The van der Waals surface area contributed by atoms with E-state index in [1.54, 1.807) is 0 Å². The molecular weight excluding hydrogens is 224 g/mol. The van der Waals surface area contributed by atoms with Gasteiger partial charge in [0.25, 0.3) is 0 Å². The highest BCUT2D eigenvalue weighted by Gasteiger charge is 2.22. The van der Waals surface area contributed by atoms with Gasteiger partial charge in [0.05, 0.1) is 0 Å². The number of aromatic nitrogens is 2. The SMILES string of the molecule is CCN1CC[C@H](CN(C)Cc2cnc(C)nc2)C1. The molecule has 1 aromatic heterocycles. The third-order valence-corrected chi connectivity index (χ3v) is 3.67. The molecule has 0 spiro atoms. The summed E-state index contributed by atoms with van der Waals surface area (Å²) in [5, 5.41) is 0. The maximum absolute atomic E-state index is 4.24. The van der Waals surface area contributed by atoms with Crippen molar-refractivity contribution in [2.75, 3.05) is 33.2 Å². The van der Waals surface area contributed by atoms with Gasteiger partial charge in [-0.2, -0.15) is 0 Å². The average molecular weight is 248 g/mol. The first-order valence-electron chi connectivity index (χ1n) is 6.85.